The zero-order valence-corrected chi connectivity index (χ0v) is 11.7. The second-order valence-corrected chi connectivity index (χ2v) is 5.01. The average Bonchev–Trinajstić information content (AvgIpc) is 2.78. The van der Waals surface area contributed by atoms with E-state index in [0.717, 1.165) is 23.5 Å². The van der Waals surface area contributed by atoms with Crippen molar-refractivity contribution in [2.45, 2.75) is 33.4 Å². The fraction of sp³-hybridized carbons (Fsp3) is 0.538. The third kappa shape index (κ3) is 2.61. The van der Waals surface area contributed by atoms with Crippen molar-refractivity contribution in [1.29, 1.82) is 0 Å². The van der Waals surface area contributed by atoms with Gasteiger partial charge in [-0.05, 0) is 6.92 Å². The molecule has 2 aromatic heterocycles. The van der Waals surface area contributed by atoms with Gasteiger partial charge in [0.25, 0.3) is 0 Å². The van der Waals surface area contributed by atoms with Crippen LogP contribution in [0, 0.1) is 6.92 Å². The normalized spacial score (nSPS) is 11.4. The van der Waals surface area contributed by atoms with E-state index in [2.05, 4.69) is 35.6 Å². The van der Waals surface area contributed by atoms with Crippen LogP contribution in [0.2, 0.25) is 0 Å². The first-order valence-electron chi connectivity index (χ1n) is 6.24. The Hall–Kier alpha value is -1.62. The fourth-order valence-electron chi connectivity index (χ4n) is 2.04. The van der Waals surface area contributed by atoms with E-state index in [1.807, 2.05) is 36.6 Å². The van der Waals surface area contributed by atoms with Crippen molar-refractivity contribution in [3.05, 3.63) is 23.7 Å². The number of hydrogen-bond acceptors (Lipinski definition) is 3. The summed E-state index contributed by atoms with van der Waals surface area (Å²) in [6.07, 6.45) is 4.09. The maximum atomic E-state index is 4.56. The first-order valence-corrected chi connectivity index (χ1v) is 6.24. The molecule has 0 aliphatic carbocycles. The number of nitrogens with zero attached hydrogens (tertiary/aromatic N) is 4. The van der Waals surface area contributed by atoms with Gasteiger partial charge in [-0.3, -0.25) is 9.36 Å². The Kier molecular flexibility index (Phi) is 3.52. The van der Waals surface area contributed by atoms with Gasteiger partial charge in [-0.25, -0.2) is 0 Å². The summed E-state index contributed by atoms with van der Waals surface area (Å²) in [7, 11) is 3.89. The van der Waals surface area contributed by atoms with Crippen LogP contribution in [0.3, 0.4) is 0 Å². The Labute approximate surface area is 108 Å². The van der Waals surface area contributed by atoms with E-state index < -0.39 is 0 Å². The Balaban J connectivity index is 2.35. The molecule has 0 aromatic carbocycles. The Morgan fingerprint density at radius 3 is 2.39 bits per heavy atom. The predicted octanol–water partition coefficient (Wildman–Crippen LogP) is 1.63. The fourth-order valence-corrected chi connectivity index (χ4v) is 2.04. The van der Waals surface area contributed by atoms with Gasteiger partial charge in [-0.15, -0.1) is 0 Å². The van der Waals surface area contributed by atoms with Crippen molar-refractivity contribution < 1.29 is 0 Å². The molecule has 0 atom stereocenters. The lowest BCUT2D eigenvalue weighted by Crippen LogP contribution is -2.21. The minimum Gasteiger partial charge on any atom is -0.310 e. The number of nitrogens with one attached hydrogen (secondary N) is 1. The number of aromatic nitrogens is 4. The van der Waals surface area contributed by atoms with E-state index in [0.29, 0.717) is 6.04 Å². The molecule has 0 bridgehead atoms. The van der Waals surface area contributed by atoms with Gasteiger partial charge in [0.05, 0.1) is 5.69 Å². The molecular weight excluding hydrogens is 226 g/mol. The third-order valence-electron chi connectivity index (χ3n) is 2.87. The van der Waals surface area contributed by atoms with Gasteiger partial charge in [0, 0.05) is 50.2 Å². The Morgan fingerprint density at radius 1 is 1.17 bits per heavy atom. The van der Waals surface area contributed by atoms with E-state index in [-0.39, 0.29) is 0 Å². The standard InChI is InChI=1S/C13H21N5/c1-9(2)14-6-11-7-17(4)16-13(11)12-8-18(5)15-10(12)3/h7-9,14H,6H2,1-5H3. The summed E-state index contributed by atoms with van der Waals surface area (Å²) in [4.78, 5) is 0. The molecule has 0 fully saturated rings. The van der Waals surface area contributed by atoms with Crippen LogP contribution in [0.4, 0.5) is 0 Å². The minimum absolute atomic E-state index is 0.466. The third-order valence-corrected chi connectivity index (χ3v) is 2.87. The molecule has 0 aliphatic rings. The lowest BCUT2D eigenvalue weighted by atomic mass is 10.1. The van der Waals surface area contributed by atoms with E-state index in [9.17, 15) is 0 Å². The summed E-state index contributed by atoms with van der Waals surface area (Å²) in [5.41, 5.74) is 4.36. The molecule has 98 valence electrons. The first kappa shape index (κ1) is 12.8. The smallest absolute Gasteiger partial charge is 0.100 e. The summed E-state index contributed by atoms with van der Waals surface area (Å²) in [5.74, 6) is 0. The van der Waals surface area contributed by atoms with Crippen LogP contribution >= 0.6 is 0 Å². The number of hydrogen-bond donors (Lipinski definition) is 1. The molecule has 0 aliphatic heterocycles. The van der Waals surface area contributed by atoms with Crippen LogP contribution in [0.25, 0.3) is 11.3 Å². The highest BCUT2D eigenvalue weighted by molar-refractivity contribution is 5.64. The first-order chi connectivity index (χ1) is 8.47. The van der Waals surface area contributed by atoms with Crippen LogP contribution < -0.4 is 5.32 Å². The van der Waals surface area contributed by atoms with Crippen LogP contribution in [-0.2, 0) is 20.6 Å². The van der Waals surface area contributed by atoms with Gasteiger partial charge in [-0.2, -0.15) is 10.2 Å². The predicted molar refractivity (Wildman–Crippen MR) is 72.1 cm³/mol. The topological polar surface area (TPSA) is 47.7 Å². The highest BCUT2D eigenvalue weighted by atomic mass is 15.3. The van der Waals surface area contributed by atoms with E-state index in [4.69, 9.17) is 0 Å². The van der Waals surface area contributed by atoms with Crippen LogP contribution in [0.15, 0.2) is 12.4 Å². The molecule has 2 rings (SSSR count). The quantitative estimate of drug-likeness (QED) is 0.893. The Bertz CT molecular complexity index is 536. The summed E-state index contributed by atoms with van der Waals surface area (Å²) < 4.78 is 3.69. The molecule has 1 N–H and O–H groups in total. The molecule has 5 heteroatoms. The lowest BCUT2D eigenvalue weighted by Gasteiger charge is -2.07. The zero-order valence-electron chi connectivity index (χ0n) is 11.7. The van der Waals surface area contributed by atoms with Crippen molar-refractivity contribution in [3.8, 4) is 11.3 Å². The van der Waals surface area contributed by atoms with Gasteiger partial charge in [0.2, 0.25) is 0 Å². The van der Waals surface area contributed by atoms with Gasteiger partial charge >= 0.3 is 0 Å². The molecule has 0 saturated carbocycles. The molecule has 5 nitrogen and oxygen atoms in total. The zero-order chi connectivity index (χ0) is 13.3. The summed E-state index contributed by atoms with van der Waals surface area (Å²) >= 11 is 0. The maximum Gasteiger partial charge on any atom is 0.100 e. The van der Waals surface area contributed by atoms with Gasteiger partial charge < -0.3 is 5.32 Å². The molecule has 2 heterocycles. The largest absolute Gasteiger partial charge is 0.310 e. The summed E-state index contributed by atoms with van der Waals surface area (Å²) in [6, 6.07) is 0.466. The van der Waals surface area contributed by atoms with Crippen molar-refractivity contribution in [2.75, 3.05) is 0 Å². The van der Waals surface area contributed by atoms with Crippen molar-refractivity contribution in [2.24, 2.45) is 14.1 Å². The van der Waals surface area contributed by atoms with Crippen LogP contribution in [0.1, 0.15) is 25.1 Å². The van der Waals surface area contributed by atoms with Crippen LogP contribution in [0.5, 0.6) is 0 Å². The highest BCUT2D eigenvalue weighted by Gasteiger charge is 2.14. The van der Waals surface area contributed by atoms with Crippen molar-refractivity contribution in [3.63, 3.8) is 0 Å². The van der Waals surface area contributed by atoms with Gasteiger partial charge in [-0.1, -0.05) is 13.8 Å². The van der Waals surface area contributed by atoms with Crippen molar-refractivity contribution in [1.82, 2.24) is 24.9 Å². The van der Waals surface area contributed by atoms with Gasteiger partial charge in [0.1, 0.15) is 5.69 Å². The maximum absolute atomic E-state index is 4.56. The van der Waals surface area contributed by atoms with E-state index in [1.54, 1.807) is 0 Å². The molecule has 18 heavy (non-hydrogen) atoms. The van der Waals surface area contributed by atoms with Crippen LogP contribution in [-0.4, -0.2) is 25.6 Å². The molecule has 0 radical (unpaired) electrons. The van der Waals surface area contributed by atoms with E-state index in [1.165, 1.54) is 5.56 Å². The molecule has 2 aromatic rings. The Morgan fingerprint density at radius 2 is 1.83 bits per heavy atom. The molecule has 0 unspecified atom stereocenters. The monoisotopic (exact) mass is 247 g/mol. The minimum atomic E-state index is 0.466. The summed E-state index contributed by atoms with van der Waals surface area (Å²) in [6.45, 7) is 7.13. The lowest BCUT2D eigenvalue weighted by molar-refractivity contribution is 0.589. The number of aryl methyl sites for hydroxylation is 3. The highest BCUT2D eigenvalue weighted by Crippen LogP contribution is 2.24. The second-order valence-electron chi connectivity index (χ2n) is 5.01. The molecule has 0 amide bonds. The average molecular weight is 247 g/mol. The molecule has 0 saturated heterocycles. The molecule has 0 spiro atoms. The van der Waals surface area contributed by atoms with Crippen molar-refractivity contribution >= 4 is 0 Å². The second kappa shape index (κ2) is 4.94. The summed E-state index contributed by atoms with van der Waals surface area (Å²) in [5, 5.41) is 12.4. The number of rotatable bonds is 4. The van der Waals surface area contributed by atoms with Gasteiger partial charge in [0.15, 0.2) is 0 Å². The van der Waals surface area contributed by atoms with E-state index >= 15 is 0 Å². The molecular formula is C13H21N5. The SMILES string of the molecule is Cc1nn(C)cc1-c1nn(C)cc1CNC(C)C.